The van der Waals surface area contributed by atoms with Crippen LogP contribution in [0.1, 0.15) is 12.8 Å². The first-order chi connectivity index (χ1) is 14.0. The lowest BCUT2D eigenvalue weighted by atomic mass is 10.0. The third kappa shape index (κ3) is 2.95. The normalized spacial score (nSPS) is 18.8. The van der Waals surface area contributed by atoms with E-state index in [0.717, 1.165) is 0 Å². The zero-order chi connectivity index (χ0) is 20.2. The Labute approximate surface area is 164 Å². The molecule has 5 rings (SSSR count). The molecule has 0 atom stereocenters. The van der Waals surface area contributed by atoms with Crippen molar-refractivity contribution in [3.63, 3.8) is 0 Å². The maximum atomic E-state index is 15.1. The fourth-order valence-corrected chi connectivity index (χ4v) is 4.13. The number of anilines is 1. The van der Waals surface area contributed by atoms with Crippen molar-refractivity contribution < 1.29 is 13.9 Å². The minimum Gasteiger partial charge on any atom is -0.369 e. The van der Waals surface area contributed by atoms with E-state index in [9.17, 15) is 9.59 Å². The predicted octanol–water partition coefficient (Wildman–Crippen LogP) is 0.895. The van der Waals surface area contributed by atoms with Crippen LogP contribution in [0, 0.1) is 5.82 Å². The predicted molar refractivity (Wildman–Crippen MR) is 103 cm³/mol. The Balaban J connectivity index is 1.53. The zero-order valence-corrected chi connectivity index (χ0v) is 15.9. The number of piperidine rings is 1. The Bertz CT molecular complexity index is 1200. The highest BCUT2D eigenvalue weighted by Crippen LogP contribution is 2.35. The summed E-state index contributed by atoms with van der Waals surface area (Å²) < 4.78 is 29.3. The maximum absolute atomic E-state index is 15.1. The van der Waals surface area contributed by atoms with Crippen molar-refractivity contribution in [2.45, 2.75) is 18.6 Å². The highest BCUT2D eigenvalue weighted by molar-refractivity contribution is 5.89. The van der Waals surface area contributed by atoms with Gasteiger partial charge in [-0.3, -0.25) is 19.0 Å². The van der Waals surface area contributed by atoms with Crippen molar-refractivity contribution >= 4 is 16.6 Å². The van der Waals surface area contributed by atoms with Crippen LogP contribution in [-0.4, -0.2) is 51.4 Å². The molecule has 2 saturated heterocycles. The maximum Gasteiger partial charge on any atom is 0.334 e. The summed E-state index contributed by atoms with van der Waals surface area (Å²) in [6.45, 7) is 2.43. The van der Waals surface area contributed by atoms with Crippen LogP contribution in [0.15, 0.2) is 34.0 Å². The first-order valence-corrected chi connectivity index (χ1v) is 9.47. The summed E-state index contributed by atoms with van der Waals surface area (Å²) in [5.41, 5.74) is 0.0368. The lowest BCUT2D eigenvalue weighted by molar-refractivity contribution is -0.169. The summed E-state index contributed by atoms with van der Waals surface area (Å²) in [5.74, 6) is -0.657. The fourth-order valence-electron chi connectivity index (χ4n) is 4.13. The summed E-state index contributed by atoms with van der Waals surface area (Å²) in [4.78, 5) is 27.6. The van der Waals surface area contributed by atoms with Crippen molar-refractivity contribution in [1.82, 2.24) is 19.3 Å². The third-order valence-electron chi connectivity index (χ3n) is 5.63. The van der Waals surface area contributed by atoms with Gasteiger partial charge in [-0.1, -0.05) is 0 Å². The molecule has 2 fully saturated rings. The number of H-pyrrole nitrogens is 1. The van der Waals surface area contributed by atoms with E-state index in [-0.39, 0.29) is 5.82 Å². The topological polar surface area (TPSA) is 94.4 Å². The van der Waals surface area contributed by atoms with Crippen LogP contribution in [0.4, 0.5) is 10.1 Å². The molecule has 0 unspecified atom stereocenters. The number of aromatic amines is 1. The lowest BCUT2D eigenvalue weighted by Crippen LogP contribution is -2.45. The molecule has 1 spiro atoms. The van der Waals surface area contributed by atoms with E-state index < -0.39 is 22.9 Å². The van der Waals surface area contributed by atoms with Crippen LogP contribution in [0.5, 0.6) is 0 Å². The average molecular weight is 401 g/mol. The number of aromatic nitrogens is 4. The van der Waals surface area contributed by atoms with Crippen LogP contribution >= 0.6 is 0 Å². The molecule has 1 N–H and O–H groups in total. The second-order valence-electron chi connectivity index (χ2n) is 7.34. The summed E-state index contributed by atoms with van der Waals surface area (Å²) in [7, 11) is 1.73. The van der Waals surface area contributed by atoms with E-state index in [2.05, 4.69) is 10.1 Å². The number of benzene rings is 1. The Morgan fingerprint density at radius 3 is 2.59 bits per heavy atom. The summed E-state index contributed by atoms with van der Waals surface area (Å²) in [6.07, 6.45) is 2.68. The molecule has 152 valence electrons. The van der Waals surface area contributed by atoms with Crippen molar-refractivity contribution in [3.05, 3.63) is 51.1 Å². The molecule has 0 bridgehead atoms. The number of fused-ring (bicyclic) bond motifs is 1. The summed E-state index contributed by atoms with van der Waals surface area (Å²) in [5, 5.41) is 4.85. The number of nitrogens with one attached hydrogen (secondary N) is 1. The van der Waals surface area contributed by atoms with E-state index in [1.807, 2.05) is 4.90 Å². The number of aryl methyl sites for hydroxylation is 1. The van der Waals surface area contributed by atoms with Crippen LogP contribution in [-0.2, 0) is 16.5 Å². The van der Waals surface area contributed by atoms with Gasteiger partial charge in [-0.05, 0) is 12.1 Å². The number of ether oxygens (including phenoxy) is 2. The van der Waals surface area contributed by atoms with Gasteiger partial charge in [0.25, 0.3) is 5.56 Å². The fraction of sp³-hybridized carbons (Fsp3) is 0.421. The van der Waals surface area contributed by atoms with Gasteiger partial charge in [-0.15, -0.1) is 0 Å². The number of nitrogens with zero attached hydrogens (tertiary/aromatic N) is 4. The van der Waals surface area contributed by atoms with Crippen LogP contribution in [0.3, 0.4) is 0 Å². The van der Waals surface area contributed by atoms with Gasteiger partial charge in [0, 0.05) is 50.6 Å². The number of hydrogen-bond donors (Lipinski definition) is 1. The van der Waals surface area contributed by atoms with Gasteiger partial charge < -0.3 is 14.4 Å². The zero-order valence-electron chi connectivity index (χ0n) is 15.9. The molecule has 2 aliphatic rings. The van der Waals surface area contributed by atoms with Crippen molar-refractivity contribution in [1.29, 1.82) is 0 Å². The van der Waals surface area contributed by atoms with E-state index in [4.69, 9.17) is 9.47 Å². The minimum absolute atomic E-state index is 0.263. The smallest absolute Gasteiger partial charge is 0.334 e. The molecule has 1 aromatic carbocycles. The lowest BCUT2D eigenvalue weighted by Gasteiger charge is -2.38. The summed E-state index contributed by atoms with van der Waals surface area (Å²) in [6, 6.07) is 4.35. The van der Waals surface area contributed by atoms with Gasteiger partial charge in [0.15, 0.2) is 11.6 Å². The Kier molecular flexibility index (Phi) is 4.07. The summed E-state index contributed by atoms with van der Waals surface area (Å²) >= 11 is 0. The molecule has 0 saturated carbocycles. The number of halogens is 1. The largest absolute Gasteiger partial charge is 0.369 e. The highest BCUT2D eigenvalue weighted by atomic mass is 19.1. The average Bonchev–Trinajstić information content (AvgIpc) is 3.27. The van der Waals surface area contributed by atoms with Crippen molar-refractivity contribution in [2.24, 2.45) is 7.05 Å². The molecule has 0 amide bonds. The molecule has 4 heterocycles. The van der Waals surface area contributed by atoms with E-state index in [1.54, 1.807) is 17.8 Å². The van der Waals surface area contributed by atoms with Gasteiger partial charge in [0.05, 0.1) is 24.4 Å². The molecular formula is C19H20FN5O4. The van der Waals surface area contributed by atoms with Gasteiger partial charge in [0.1, 0.15) is 5.82 Å². The number of rotatable bonds is 2. The van der Waals surface area contributed by atoms with E-state index in [0.29, 0.717) is 55.7 Å². The molecule has 10 heteroatoms. The van der Waals surface area contributed by atoms with Gasteiger partial charge in [-0.25, -0.2) is 9.18 Å². The van der Waals surface area contributed by atoms with Crippen LogP contribution in [0.2, 0.25) is 0 Å². The van der Waals surface area contributed by atoms with Crippen molar-refractivity contribution in [3.8, 4) is 5.82 Å². The quantitative estimate of drug-likeness (QED) is 0.686. The van der Waals surface area contributed by atoms with Crippen molar-refractivity contribution in [2.75, 3.05) is 31.2 Å². The van der Waals surface area contributed by atoms with E-state index >= 15 is 4.39 Å². The monoisotopic (exact) mass is 401 g/mol. The first kappa shape index (κ1) is 18.1. The molecule has 29 heavy (non-hydrogen) atoms. The van der Waals surface area contributed by atoms with Gasteiger partial charge in [-0.2, -0.15) is 5.10 Å². The molecule has 3 aromatic rings. The third-order valence-corrected chi connectivity index (χ3v) is 5.63. The second-order valence-corrected chi connectivity index (χ2v) is 7.34. The Morgan fingerprint density at radius 1 is 1.17 bits per heavy atom. The molecule has 2 aromatic heterocycles. The Morgan fingerprint density at radius 2 is 1.90 bits per heavy atom. The highest BCUT2D eigenvalue weighted by Gasteiger charge is 2.40. The van der Waals surface area contributed by atoms with Crippen LogP contribution in [0.25, 0.3) is 16.7 Å². The molecule has 9 nitrogen and oxygen atoms in total. The number of hydrogen-bond acceptors (Lipinski definition) is 6. The van der Waals surface area contributed by atoms with E-state index in [1.165, 1.54) is 22.9 Å². The molecule has 0 aliphatic carbocycles. The SMILES string of the molecule is Cn1nc(-n2ccc(=O)[nH]c2=O)c2cc(F)c(N3CCC4(CC3)OCCO4)cc21. The second kappa shape index (κ2) is 6.53. The van der Waals surface area contributed by atoms with Gasteiger partial charge >= 0.3 is 5.69 Å². The van der Waals surface area contributed by atoms with Crippen LogP contribution < -0.4 is 16.1 Å². The van der Waals surface area contributed by atoms with Gasteiger partial charge in [0.2, 0.25) is 0 Å². The molecule has 2 aliphatic heterocycles. The first-order valence-electron chi connectivity index (χ1n) is 9.47. The molecular weight excluding hydrogens is 381 g/mol. The standard InChI is InChI=1S/C19H20FN5O4/c1-23-14-11-15(24-6-3-19(4-7-24)28-8-9-29-19)13(20)10-12(14)17(22-23)25-5-2-16(26)21-18(25)27/h2,5,10-11H,3-4,6-9H2,1H3,(H,21,26,27). The molecule has 0 radical (unpaired) electrons. The Hall–Kier alpha value is -2.98. The minimum atomic E-state index is -0.625.